The van der Waals surface area contributed by atoms with Gasteiger partial charge in [0.05, 0.1) is 21.7 Å². The molecule has 2 heterocycles. The van der Waals surface area contributed by atoms with Crippen LogP contribution in [0.2, 0.25) is 0 Å². The van der Waals surface area contributed by atoms with Crippen molar-refractivity contribution in [3.63, 3.8) is 0 Å². The first-order valence-corrected chi connectivity index (χ1v) is 9.36. The van der Waals surface area contributed by atoms with Crippen LogP contribution in [0.1, 0.15) is 16.8 Å². The average molecular weight is 336 g/mol. The summed E-state index contributed by atoms with van der Waals surface area (Å²) in [5, 5.41) is 2.61. The van der Waals surface area contributed by atoms with Crippen LogP contribution >= 0.6 is 35.7 Å². The lowest BCUT2D eigenvalue weighted by Gasteiger charge is -2.17. The van der Waals surface area contributed by atoms with E-state index in [0.29, 0.717) is 0 Å². The van der Waals surface area contributed by atoms with E-state index < -0.39 is 0 Å². The zero-order valence-electron chi connectivity index (χ0n) is 12.2. The van der Waals surface area contributed by atoms with Crippen LogP contribution in [0.15, 0.2) is 40.4 Å². The van der Waals surface area contributed by atoms with Crippen LogP contribution < -0.4 is 9.47 Å². The Morgan fingerprint density at radius 3 is 2.90 bits per heavy atom. The van der Waals surface area contributed by atoms with Crippen molar-refractivity contribution in [2.75, 3.05) is 17.2 Å². The maximum Gasteiger partial charge on any atom is 0.264 e. The summed E-state index contributed by atoms with van der Waals surface area (Å²) in [4.78, 5) is 5.08. The van der Waals surface area contributed by atoms with E-state index in [4.69, 9.17) is 0 Å². The molecule has 0 fully saturated rings. The fourth-order valence-corrected chi connectivity index (χ4v) is 4.91. The molecule has 2 aromatic rings. The van der Waals surface area contributed by atoms with Gasteiger partial charge in [-0.05, 0) is 26.0 Å². The molecule has 1 aromatic heterocycles. The minimum atomic E-state index is 0.863. The van der Waals surface area contributed by atoms with Gasteiger partial charge >= 0.3 is 0 Å². The van der Waals surface area contributed by atoms with Crippen molar-refractivity contribution in [3.05, 3.63) is 45.4 Å². The van der Waals surface area contributed by atoms with Gasteiger partial charge in [-0.15, -0.1) is 0 Å². The zero-order chi connectivity index (χ0) is 14.8. The number of anilines is 1. The van der Waals surface area contributed by atoms with Crippen molar-refractivity contribution in [2.24, 2.45) is 0 Å². The smallest absolute Gasteiger partial charge is 0.264 e. The van der Waals surface area contributed by atoms with Crippen LogP contribution in [-0.4, -0.2) is 12.3 Å². The third-order valence-corrected chi connectivity index (χ3v) is 5.73. The first-order chi connectivity index (χ1) is 10.2. The number of para-hydroxylation sites is 1. The number of aromatic nitrogens is 1. The maximum atomic E-state index is 4.36. The number of nitrogens with zero attached hydrogens (tertiary/aromatic N) is 2. The molecular formula is C16H19N2S3+. The molecule has 1 aliphatic rings. The normalized spacial score (nSPS) is 15.8. The lowest BCUT2D eigenvalue weighted by Crippen LogP contribution is -2.35. The summed E-state index contributed by atoms with van der Waals surface area (Å²) in [7, 11) is 0. The maximum absolute atomic E-state index is 4.36. The molecule has 0 radical (unpaired) electrons. The molecule has 0 saturated heterocycles. The highest BCUT2D eigenvalue weighted by molar-refractivity contribution is 8.03. The van der Waals surface area contributed by atoms with Crippen molar-refractivity contribution < 1.29 is 4.57 Å². The molecule has 0 saturated carbocycles. The van der Waals surface area contributed by atoms with Crippen LogP contribution in [-0.2, 0) is 6.54 Å². The SMILES string of the molecule is CCN1/C(=C\c2sc(C)c[n+]2CCS)Sc2ccccc21. The highest BCUT2D eigenvalue weighted by Crippen LogP contribution is 2.46. The molecule has 0 aliphatic carbocycles. The number of thiol groups is 1. The third-order valence-electron chi connectivity index (χ3n) is 3.43. The predicted molar refractivity (Wildman–Crippen MR) is 96.4 cm³/mol. The van der Waals surface area contributed by atoms with Crippen molar-refractivity contribution in [1.29, 1.82) is 0 Å². The number of fused-ring (bicyclic) bond motifs is 1. The quantitative estimate of drug-likeness (QED) is 0.661. The van der Waals surface area contributed by atoms with E-state index in [0.717, 1.165) is 18.8 Å². The van der Waals surface area contributed by atoms with E-state index in [2.05, 4.69) is 72.5 Å². The Kier molecular flexibility index (Phi) is 4.62. The summed E-state index contributed by atoms with van der Waals surface area (Å²) in [6.07, 6.45) is 4.53. The summed E-state index contributed by atoms with van der Waals surface area (Å²) in [5.74, 6) is 0.863. The molecule has 5 heteroatoms. The van der Waals surface area contributed by atoms with Crippen LogP contribution in [0.3, 0.4) is 0 Å². The Bertz CT molecular complexity index is 676. The second-order valence-corrected chi connectivity index (χ2v) is 7.67. The summed E-state index contributed by atoms with van der Waals surface area (Å²) in [6, 6.07) is 8.62. The van der Waals surface area contributed by atoms with E-state index in [1.54, 1.807) is 0 Å². The minimum absolute atomic E-state index is 0.863. The Hall–Kier alpha value is -0.910. The van der Waals surface area contributed by atoms with E-state index in [1.165, 1.54) is 25.5 Å². The Balaban J connectivity index is 1.97. The highest BCUT2D eigenvalue weighted by atomic mass is 32.2. The van der Waals surface area contributed by atoms with Gasteiger partial charge in [0.25, 0.3) is 5.01 Å². The summed E-state index contributed by atoms with van der Waals surface area (Å²) >= 11 is 8.07. The lowest BCUT2D eigenvalue weighted by molar-refractivity contribution is -0.689. The summed E-state index contributed by atoms with van der Waals surface area (Å²) in [5.41, 5.74) is 1.32. The molecule has 0 atom stereocenters. The Labute approximate surface area is 139 Å². The summed E-state index contributed by atoms with van der Waals surface area (Å²) < 4.78 is 2.30. The van der Waals surface area contributed by atoms with Crippen LogP contribution in [0.4, 0.5) is 5.69 Å². The van der Waals surface area contributed by atoms with Gasteiger partial charge in [-0.3, -0.25) is 0 Å². The lowest BCUT2D eigenvalue weighted by atomic mass is 10.3. The molecule has 1 aromatic carbocycles. The van der Waals surface area contributed by atoms with Crippen molar-refractivity contribution in [3.8, 4) is 0 Å². The van der Waals surface area contributed by atoms with E-state index in [1.807, 2.05) is 23.1 Å². The molecule has 0 amide bonds. The second kappa shape index (κ2) is 6.46. The highest BCUT2D eigenvalue weighted by Gasteiger charge is 2.25. The van der Waals surface area contributed by atoms with Crippen molar-refractivity contribution >= 4 is 47.5 Å². The predicted octanol–water partition coefficient (Wildman–Crippen LogP) is 4.20. The third kappa shape index (κ3) is 3.00. The zero-order valence-corrected chi connectivity index (χ0v) is 14.8. The van der Waals surface area contributed by atoms with Gasteiger partial charge in [-0.25, -0.2) is 0 Å². The molecule has 110 valence electrons. The molecule has 0 spiro atoms. The molecule has 3 rings (SSSR count). The van der Waals surface area contributed by atoms with E-state index >= 15 is 0 Å². The molecule has 2 nitrogen and oxygen atoms in total. The fourth-order valence-electron chi connectivity index (χ4n) is 2.52. The number of thioether (sulfide) groups is 1. The molecular weight excluding hydrogens is 316 g/mol. The van der Waals surface area contributed by atoms with Crippen LogP contribution in [0.5, 0.6) is 0 Å². The van der Waals surface area contributed by atoms with Gasteiger partial charge in [0, 0.05) is 17.2 Å². The van der Waals surface area contributed by atoms with Gasteiger partial charge in [0.1, 0.15) is 0 Å². The number of hydrogen-bond donors (Lipinski definition) is 1. The van der Waals surface area contributed by atoms with Crippen LogP contribution in [0, 0.1) is 6.92 Å². The number of aryl methyl sites for hydroxylation is 2. The molecule has 1 aliphatic heterocycles. The van der Waals surface area contributed by atoms with Gasteiger partial charge in [0.15, 0.2) is 12.7 Å². The van der Waals surface area contributed by atoms with E-state index in [9.17, 15) is 0 Å². The van der Waals surface area contributed by atoms with Crippen molar-refractivity contribution in [2.45, 2.75) is 25.3 Å². The number of thiazole rings is 1. The number of benzene rings is 1. The first-order valence-electron chi connectivity index (χ1n) is 7.09. The molecule has 21 heavy (non-hydrogen) atoms. The summed E-state index contributed by atoms with van der Waals surface area (Å²) in [6.45, 7) is 6.32. The molecule has 0 N–H and O–H groups in total. The van der Waals surface area contributed by atoms with Crippen LogP contribution in [0.25, 0.3) is 6.08 Å². The van der Waals surface area contributed by atoms with Gasteiger partial charge in [-0.1, -0.05) is 35.2 Å². The Morgan fingerprint density at radius 2 is 2.14 bits per heavy atom. The van der Waals surface area contributed by atoms with Gasteiger partial charge in [-0.2, -0.15) is 17.2 Å². The average Bonchev–Trinajstić information content (AvgIpc) is 2.99. The number of hydrogen-bond acceptors (Lipinski definition) is 4. The number of rotatable bonds is 4. The largest absolute Gasteiger partial charge is 0.335 e. The molecule has 0 unspecified atom stereocenters. The Morgan fingerprint density at radius 1 is 1.33 bits per heavy atom. The van der Waals surface area contributed by atoms with Gasteiger partial charge in [0.2, 0.25) is 0 Å². The second-order valence-electron chi connectivity index (χ2n) is 4.89. The molecule has 0 bridgehead atoms. The topological polar surface area (TPSA) is 7.12 Å². The first kappa shape index (κ1) is 15.0. The van der Waals surface area contributed by atoms with Gasteiger partial charge < -0.3 is 4.90 Å². The monoisotopic (exact) mass is 335 g/mol. The minimum Gasteiger partial charge on any atom is -0.335 e. The standard InChI is InChI=1S/C16H18N2S3/c1-3-18-13-6-4-5-7-14(13)21-16(18)10-15-17(8-9-19)11-12(2)20-15/h4-7,10-11H,3,8-9H2,1-2H3/p+1. The van der Waals surface area contributed by atoms with Crippen molar-refractivity contribution in [1.82, 2.24) is 0 Å². The fraction of sp³-hybridized carbons (Fsp3) is 0.312. The van der Waals surface area contributed by atoms with E-state index in [-0.39, 0.29) is 0 Å².